The van der Waals surface area contributed by atoms with E-state index in [-0.39, 0.29) is 0 Å². The zero-order valence-electron chi connectivity index (χ0n) is 11.0. The fourth-order valence-electron chi connectivity index (χ4n) is 2.82. The molecule has 1 aromatic heterocycles. The van der Waals surface area contributed by atoms with Crippen LogP contribution in [0.5, 0.6) is 0 Å². The van der Waals surface area contributed by atoms with Crippen LogP contribution in [0.25, 0.3) is 0 Å². The molecule has 0 spiro atoms. The number of imidazole rings is 1. The molecule has 3 rings (SSSR count). The minimum atomic E-state index is 0.493. The van der Waals surface area contributed by atoms with E-state index >= 15 is 0 Å². The molecule has 1 aliphatic rings. The van der Waals surface area contributed by atoms with Crippen LogP contribution in [0.4, 0.5) is 5.69 Å². The highest BCUT2D eigenvalue weighted by atomic mass is 14.9. The zero-order chi connectivity index (χ0) is 13.1. The summed E-state index contributed by atoms with van der Waals surface area (Å²) < 4.78 is 0. The summed E-state index contributed by atoms with van der Waals surface area (Å²) >= 11 is 0. The van der Waals surface area contributed by atoms with Gasteiger partial charge in [0.25, 0.3) is 0 Å². The number of benzene rings is 1. The Labute approximate surface area is 113 Å². The highest BCUT2D eigenvalue weighted by molar-refractivity contribution is 5.47. The maximum atomic E-state index is 5.82. The molecule has 19 heavy (non-hydrogen) atoms. The van der Waals surface area contributed by atoms with Crippen LogP contribution in [0.1, 0.15) is 35.8 Å². The lowest BCUT2D eigenvalue weighted by Crippen LogP contribution is -2.21. The number of anilines is 1. The first-order valence-corrected chi connectivity index (χ1v) is 6.93. The number of aromatic amines is 1. The Balaban J connectivity index is 1.50. The number of nitrogen functional groups attached to an aromatic ring is 1. The van der Waals surface area contributed by atoms with E-state index in [1.54, 1.807) is 6.20 Å². The van der Waals surface area contributed by atoms with Gasteiger partial charge in [-0.1, -0.05) is 6.07 Å². The third-order valence-corrected chi connectivity index (χ3v) is 3.78. The van der Waals surface area contributed by atoms with Crippen molar-refractivity contribution in [2.24, 2.45) is 0 Å². The molecule has 0 aliphatic heterocycles. The third-order valence-electron chi connectivity index (χ3n) is 3.78. The standard InChI is InChI=1S/C15H20N4/c16-12-4-5-13-11(10-12)3-6-14(13)17-7-1-2-15-18-8-9-19-15/h4-5,8-10,14,17H,1-3,6-7,16H2,(H,18,19). The first-order chi connectivity index (χ1) is 9.33. The minimum absolute atomic E-state index is 0.493. The Morgan fingerprint density at radius 2 is 2.37 bits per heavy atom. The monoisotopic (exact) mass is 256 g/mol. The topological polar surface area (TPSA) is 66.7 Å². The van der Waals surface area contributed by atoms with Crippen LogP contribution in [0.2, 0.25) is 0 Å². The number of hydrogen-bond donors (Lipinski definition) is 3. The van der Waals surface area contributed by atoms with Crippen molar-refractivity contribution < 1.29 is 0 Å². The molecule has 0 amide bonds. The van der Waals surface area contributed by atoms with Crippen molar-refractivity contribution in [3.05, 3.63) is 47.5 Å². The number of nitrogens with two attached hydrogens (primary N) is 1. The number of fused-ring (bicyclic) bond motifs is 1. The first-order valence-electron chi connectivity index (χ1n) is 6.93. The number of aryl methyl sites for hydroxylation is 2. The van der Waals surface area contributed by atoms with Crippen LogP contribution in [0, 0.1) is 0 Å². The summed E-state index contributed by atoms with van der Waals surface area (Å²) in [6.45, 7) is 1.02. The molecule has 0 bridgehead atoms. The summed E-state index contributed by atoms with van der Waals surface area (Å²) in [4.78, 5) is 7.37. The van der Waals surface area contributed by atoms with Crippen molar-refractivity contribution in [1.29, 1.82) is 0 Å². The van der Waals surface area contributed by atoms with Crippen molar-refractivity contribution in [2.45, 2.75) is 31.7 Å². The van der Waals surface area contributed by atoms with Gasteiger partial charge in [-0.05, 0) is 49.1 Å². The summed E-state index contributed by atoms with van der Waals surface area (Å²) in [5, 5.41) is 3.64. The number of aromatic nitrogens is 2. The van der Waals surface area contributed by atoms with Crippen LogP contribution >= 0.6 is 0 Å². The van der Waals surface area contributed by atoms with Gasteiger partial charge in [0, 0.05) is 30.5 Å². The van der Waals surface area contributed by atoms with Gasteiger partial charge in [0.2, 0.25) is 0 Å². The Morgan fingerprint density at radius 1 is 1.42 bits per heavy atom. The van der Waals surface area contributed by atoms with E-state index in [1.165, 1.54) is 17.5 Å². The summed E-state index contributed by atoms with van der Waals surface area (Å²) in [6.07, 6.45) is 8.10. The Kier molecular flexibility index (Phi) is 3.51. The Bertz CT molecular complexity index is 533. The first kappa shape index (κ1) is 12.2. The molecule has 1 atom stereocenters. The highest BCUT2D eigenvalue weighted by Gasteiger charge is 2.21. The van der Waals surface area contributed by atoms with E-state index in [1.807, 2.05) is 12.3 Å². The second-order valence-electron chi connectivity index (χ2n) is 5.14. The molecule has 0 radical (unpaired) electrons. The lowest BCUT2D eigenvalue weighted by molar-refractivity contribution is 0.518. The largest absolute Gasteiger partial charge is 0.399 e. The fourth-order valence-corrected chi connectivity index (χ4v) is 2.82. The molecule has 4 nitrogen and oxygen atoms in total. The number of hydrogen-bond acceptors (Lipinski definition) is 3. The smallest absolute Gasteiger partial charge is 0.106 e. The molecular weight excluding hydrogens is 236 g/mol. The molecule has 0 fully saturated rings. The molecule has 1 heterocycles. The van der Waals surface area contributed by atoms with Gasteiger partial charge in [0.1, 0.15) is 5.82 Å². The molecule has 4 N–H and O–H groups in total. The van der Waals surface area contributed by atoms with E-state index < -0.39 is 0 Å². The second-order valence-corrected chi connectivity index (χ2v) is 5.14. The van der Waals surface area contributed by atoms with Gasteiger partial charge in [-0.25, -0.2) is 4.98 Å². The fraction of sp³-hybridized carbons (Fsp3) is 0.400. The summed E-state index contributed by atoms with van der Waals surface area (Å²) in [5.41, 5.74) is 9.52. The van der Waals surface area contributed by atoms with Crippen molar-refractivity contribution in [1.82, 2.24) is 15.3 Å². The quantitative estimate of drug-likeness (QED) is 0.567. The molecule has 4 heteroatoms. The third kappa shape index (κ3) is 2.79. The van der Waals surface area contributed by atoms with Crippen molar-refractivity contribution in [3.63, 3.8) is 0 Å². The number of nitrogens with one attached hydrogen (secondary N) is 2. The van der Waals surface area contributed by atoms with E-state index in [9.17, 15) is 0 Å². The van der Waals surface area contributed by atoms with Gasteiger partial charge in [0.05, 0.1) is 0 Å². The van der Waals surface area contributed by atoms with E-state index in [0.717, 1.165) is 37.3 Å². The number of rotatable bonds is 5. The van der Waals surface area contributed by atoms with E-state index in [0.29, 0.717) is 6.04 Å². The Morgan fingerprint density at radius 3 is 3.21 bits per heavy atom. The van der Waals surface area contributed by atoms with Gasteiger partial charge in [-0.15, -0.1) is 0 Å². The van der Waals surface area contributed by atoms with Crippen LogP contribution in [-0.2, 0) is 12.8 Å². The number of nitrogens with zero attached hydrogens (tertiary/aromatic N) is 1. The average Bonchev–Trinajstić information content (AvgIpc) is 3.03. The van der Waals surface area contributed by atoms with Gasteiger partial charge < -0.3 is 16.0 Å². The SMILES string of the molecule is Nc1ccc2c(c1)CCC2NCCCc1ncc[nH]1. The molecule has 0 saturated heterocycles. The summed E-state index contributed by atoms with van der Waals surface area (Å²) in [7, 11) is 0. The van der Waals surface area contributed by atoms with Gasteiger partial charge in [-0.3, -0.25) is 0 Å². The minimum Gasteiger partial charge on any atom is -0.399 e. The van der Waals surface area contributed by atoms with Crippen molar-refractivity contribution in [2.75, 3.05) is 12.3 Å². The van der Waals surface area contributed by atoms with Crippen LogP contribution < -0.4 is 11.1 Å². The van der Waals surface area contributed by atoms with Crippen LogP contribution in [0.15, 0.2) is 30.6 Å². The maximum Gasteiger partial charge on any atom is 0.106 e. The van der Waals surface area contributed by atoms with E-state index in [4.69, 9.17) is 5.73 Å². The van der Waals surface area contributed by atoms with Crippen molar-refractivity contribution in [3.8, 4) is 0 Å². The zero-order valence-corrected chi connectivity index (χ0v) is 11.0. The van der Waals surface area contributed by atoms with Crippen LogP contribution in [-0.4, -0.2) is 16.5 Å². The summed E-state index contributed by atoms with van der Waals surface area (Å²) in [5.74, 6) is 1.07. The lowest BCUT2D eigenvalue weighted by Gasteiger charge is -2.13. The molecule has 100 valence electrons. The Hall–Kier alpha value is -1.81. The predicted octanol–water partition coefficient (Wildman–Crippen LogP) is 2.20. The molecule has 0 saturated carbocycles. The van der Waals surface area contributed by atoms with E-state index in [2.05, 4.69) is 27.4 Å². The second kappa shape index (κ2) is 5.45. The molecule has 2 aromatic rings. The molecule has 1 aliphatic carbocycles. The predicted molar refractivity (Wildman–Crippen MR) is 76.8 cm³/mol. The lowest BCUT2D eigenvalue weighted by atomic mass is 10.1. The van der Waals surface area contributed by atoms with Crippen LogP contribution in [0.3, 0.4) is 0 Å². The maximum absolute atomic E-state index is 5.82. The van der Waals surface area contributed by atoms with Crippen molar-refractivity contribution >= 4 is 5.69 Å². The normalized spacial score (nSPS) is 17.6. The molecular formula is C15H20N4. The van der Waals surface area contributed by atoms with Gasteiger partial charge >= 0.3 is 0 Å². The molecule has 1 aromatic carbocycles. The van der Waals surface area contributed by atoms with Gasteiger partial charge in [-0.2, -0.15) is 0 Å². The highest BCUT2D eigenvalue weighted by Crippen LogP contribution is 2.32. The average molecular weight is 256 g/mol. The van der Waals surface area contributed by atoms with Gasteiger partial charge in [0.15, 0.2) is 0 Å². The molecule has 1 unspecified atom stereocenters. The number of H-pyrrole nitrogens is 1. The summed E-state index contributed by atoms with van der Waals surface area (Å²) in [6, 6.07) is 6.77.